The fraction of sp³-hybridized carbons (Fsp3) is 0.700. The Morgan fingerprint density at radius 1 is 1.62 bits per heavy atom. The van der Waals surface area contributed by atoms with E-state index in [0.29, 0.717) is 5.92 Å². The van der Waals surface area contributed by atoms with Gasteiger partial charge in [-0.1, -0.05) is 20.8 Å². The van der Waals surface area contributed by atoms with Crippen LogP contribution in [0.5, 0.6) is 0 Å². The molecule has 0 radical (unpaired) electrons. The normalized spacial score (nSPS) is 16.1. The number of nitrogens with zero attached hydrogens (tertiary/aromatic N) is 1. The van der Waals surface area contributed by atoms with Gasteiger partial charge >= 0.3 is 0 Å². The van der Waals surface area contributed by atoms with Crippen LogP contribution in [0.3, 0.4) is 0 Å². The minimum atomic E-state index is -0.0630. The molecule has 0 amide bonds. The van der Waals surface area contributed by atoms with E-state index >= 15 is 0 Å². The van der Waals surface area contributed by atoms with Gasteiger partial charge in [0.05, 0.1) is 5.51 Å². The van der Waals surface area contributed by atoms with Crippen LogP contribution < -0.4 is 5.73 Å². The lowest BCUT2D eigenvalue weighted by Gasteiger charge is -2.32. The molecule has 1 atom stereocenters. The Balaban J connectivity index is 2.69. The zero-order chi connectivity index (χ0) is 9.90. The molecule has 3 heteroatoms. The predicted octanol–water partition coefficient (Wildman–Crippen LogP) is 2.45. The number of aromatic nitrogens is 1. The van der Waals surface area contributed by atoms with Crippen LogP contribution in [0, 0.1) is 5.92 Å². The molecular weight excluding hydrogens is 180 g/mol. The van der Waals surface area contributed by atoms with Gasteiger partial charge in [0.25, 0.3) is 0 Å². The highest BCUT2D eigenvalue weighted by Gasteiger charge is 2.27. The molecule has 0 aliphatic carbocycles. The van der Waals surface area contributed by atoms with Crippen molar-refractivity contribution in [3.05, 3.63) is 16.6 Å². The van der Waals surface area contributed by atoms with Crippen molar-refractivity contribution in [2.45, 2.75) is 39.2 Å². The Morgan fingerprint density at radius 3 is 2.69 bits per heavy atom. The highest BCUT2D eigenvalue weighted by Crippen LogP contribution is 2.24. The van der Waals surface area contributed by atoms with Gasteiger partial charge in [-0.15, -0.1) is 11.3 Å². The lowest BCUT2D eigenvalue weighted by molar-refractivity contribution is 0.298. The molecule has 1 unspecified atom stereocenters. The van der Waals surface area contributed by atoms with Crippen LogP contribution in [0.2, 0.25) is 0 Å². The van der Waals surface area contributed by atoms with Gasteiger partial charge < -0.3 is 5.73 Å². The SMILES string of the molecule is CCC(N)(Cc1cncs1)C(C)C. The zero-order valence-corrected chi connectivity index (χ0v) is 9.40. The van der Waals surface area contributed by atoms with Crippen molar-refractivity contribution in [3.8, 4) is 0 Å². The first-order valence-corrected chi connectivity index (χ1v) is 5.62. The van der Waals surface area contributed by atoms with Crippen LogP contribution in [0.15, 0.2) is 11.7 Å². The molecule has 0 aromatic carbocycles. The lowest BCUT2D eigenvalue weighted by atomic mass is 9.82. The lowest BCUT2D eigenvalue weighted by Crippen LogP contribution is -2.46. The van der Waals surface area contributed by atoms with Crippen molar-refractivity contribution >= 4 is 11.3 Å². The van der Waals surface area contributed by atoms with Gasteiger partial charge in [-0.05, 0) is 12.3 Å². The third-order valence-electron chi connectivity index (χ3n) is 2.79. The van der Waals surface area contributed by atoms with Crippen molar-refractivity contribution in [1.82, 2.24) is 4.98 Å². The quantitative estimate of drug-likeness (QED) is 0.807. The van der Waals surface area contributed by atoms with Crippen molar-refractivity contribution in [2.75, 3.05) is 0 Å². The van der Waals surface area contributed by atoms with E-state index in [1.807, 2.05) is 11.7 Å². The second-order valence-electron chi connectivity index (χ2n) is 3.89. The third kappa shape index (κ3) is 2.51. The Morgan fingerprint density at radius 2 is 2.31 bits per heavy atom. The first-order valence-electron chi connectivity index (χ1n) is 4.74. The molecule has 0 saturated carbocycles. The smallest absolute Gasteiger partial charge is 0.0794 e. The number of nitrogens with two attached hydrogens (primary N) is 1. The highest BCUT2D eigenvalue weighted by atomic mass is 32.1. The minimum absolute atomic E-state index is 0.0630. The van der Waals surface area contributed by atoms with Crippen molar-refractivity contribution in [2.24, 2.45) is 11.7 Å². The van der Waals surface area contributed by atoms with Gasteiger partial charge in [0.1, 0.15) is 0 Å². The summed E-state index contributed by atoms with van der Waals surface area (Å²) in [4.78, 5) is 5.35. The first kappa shape index (κ1) is 10.7. The molecule has 13 heavy (non-hydrogen) atoms. The van der Waals surface area contributed by atoms with Crippen LogP contribution in [0.4, 0.5) is 0 Å². The summed E-state index contributed by atoms with van der Waals surface area (Å²) in [6.07, 6.45) is 3.89. The molecule has 0 aliphatic heterocycles. The third-order valence-corrected chi connectivity index (χ3v) is 3.57. The second-order valence-corrected chi connectivity index (χ2v) is 4.86. The molecule has 0 bridgehead atoms. The van der Waals surface area contributed by atoms with Gasteiger partial charge in [-0.25, -0.2) is 0 Å². The predicted molar refractivity (Wildman–Crippen MR) is 57.9 cm³/mol. The van der Waals surface area contributed by atoms with Crippen molar-refractivity contribution < 1.29 is 0 Å². The summed E-state index contributed by atoms with van der Waals surface area (Å²) < 4.78 is 0. The van der Waals surface area contributed by atoms with E-state index in [-0.39, 0.29) is 5.54 Å². The summed E-state index contributed by atoms with van der Waals surface area (Å²) in [5.74, 6) is 0.514. The van der Waals surface area contributed by atoms with E-state index in [0.717, 1.165) is 12.8 Å². The molecule has 1 aromatic heterocycles. The molecule has 74 valence electrons. The maximum Gasteiger partial charge on any atom is 0.0794 e. The van der Waals surface area contributed by atoms with Gasteiger partial charge in [0.2, 0.25) is 0 Å². The summed E-state index contributed by atoms with van der Waals surface area (Å²) in [6, 6.07) is 0. The second kappa shape index (κ2) is 4.20. The molecule has 1 aromatic rings. The van der Waals surface area contributed by atoms with E-state index in [4.69, 9.17) is 5.73 Å². The molecule has 0 fully saturated rings. The maximum atomic E-state index is 6.31. The average molecular weight is 198 g/mol. The van der Waals surface area contributed by atoms with Crippen LogP contribution in [0.25, 0.3) is 0 Å². The summed E-state index contributed by atoms with van der Waals surface area (Å²) >= 11 is 1.69. The Kier molecular flexibility index (Phi) is 3.45. The number of rotatable bonds is 4. The van der Waals surface area contributed by atoms with E-state index in [1.54, 1.807) is 11.3 Å². The van der Waals surface area contributed by atoms with Gasteiger partial charge in [0.15, 0.2) is 0 Å². The largest absolute Gasteiger partial charge is 0.325 e. The topological polar surface area (TPSA) is 38.9 Å². The standard InChI is InChI=1S/C10H18N2S/c1-4-10(11,8(2)3)5-9-6-12-7-13-9/h6-8H,4-5,11H2,1-3H3. The summed E-state index contributed by atoms with van der Waals surface area (Å²) in [5, 5.41) is 0. The molecule has 2 N–H and O–H groups in total. The molecule has 0 aliphatic rings. The average Bonchev–Trinajstić information content (AvgIpc) is 2.56. The van der Waals surface area contributed by atoms with Crippen molar-refractivity contribution in [3.63, 3.8) is 0 Å². The van der Waals surface area contributed by atoms with Gasteiger partial charge in [0, 0.05) is 23.0 Å². The highest BCUT2D eigenvalue weighted by molar-refractivity contribution is 7.09. The van der Waals surface area contributed by atoms with Crippen LogP contribution in [-0.2, 0) is 6.42 Å². The van der Waals surface area contributed by atoms with Gasteiger partial charge in [-0.2, -0.15) is 0 Å². The summed E-state index contributed by atoms with van der Waals surface area (Å²) in [7, 11) is 0. The molecule has 1 heterocycles. The summed E-state index contributed by atoms with van der Waals surface area (Å²) in [6.45, 7) is 6.52. The first-order chi connectivity index (χ1) is 6.08. The van der Waals surface area contributed by atoms with Crippen LogP contribution in [0.1, 0.15) is 32.1 Å². The Labute approximate surface area is 84.2 Å². The maximum absolute atomic E-state index is 6.31. The molecule has 0 spiro atoms. The molecule has 0 saturated heterocycles. The minimum Gasteiger partial charge on any atom is -0.325 e. The van der Waals surface area contributed by atoms with E-state index < -0.39 is 0 Å². The summed E-state index contributed by atoms with van der Waals surface area (Å²) in [5.41, 5.74) is 8.11. The zero-order valence-electron chi connectivity index (χ0n) is 8.58. The molecule has 1 rings (SSSR count). The monoisotopic (exact) mass is 198 g/mol. The fourth-order valence-corrected chi connectivity index (χ4v) is 2.12. The van der Waals surface area contributed by atoms with Gasteiger partial charge in [-0.3, -0.25) is 4.98 Å². The molecule has 2 nitrogen and oxygen atoms in total. The number of thiazole rings is 1. The van der Waals surface area contributed by atoms with Crippen molar-refractivity contribution in [1.29, 1.82) is 0 Å². The van der Waals surface area contributed by atoms with E-state index in [1.165, 1.54) is 4.88 Å². The Hall–Kier alpha value is -0.410. The van der Waals surface area contributed by atoms with E-state index in [2.05, 4.69) is 25.8 Å². The number of hydrogen-bond acceptors (Lipinski definition) is 3. The van der Waals surface area contributed by atoms with E-state index in [9.17, 15) is 0 Å². The van der Waals surface area contributed by atoms with Crippen LogP contribution >= 0.6 is 11.3 Å². The Bertz CT molecular complexity index is 243. The van der Waals surface area contributed by atoms with Crippen LogP contribution in [-0.4, -0.2) is 10.5 Å². The fourth-order valence-electron chi connectivity index (χ4n) is 1.39. The molecular formula is C10H18N2S. The number of hydrogen-bond donors (Lipinski definition) is 1.